The van der Waals surface area contributed by atoms with E-state index in [0.29, 0.717) is 6.04 Å². The van der Waals surface area contributed by atoms with Gasteiger partial charge in [0.25, 0.3) is 0 Å². The van der Waals surface area contributed by atoms with Gasteiger partial charge in [0.2, 0.25) is 0 Å². The predicted molar refractivity (Wildman–Crippen MR) is 80.3 cm³/mol. The molecule has 0 spiro atoms. The molecule has 0 saturated carbocycles. The lowest BCUT2D eigenvalue weighted by Crippen LogP contribution is -2.18. The fourth-order valence-corrected chi connectivity index (χ4v) is 3.01. The van der Waals surface area contributed by atoms with Crippen molar-refractivity contribution in [2.75, 3.05) is 0 Å². The number of imidazole rings is 1. The lowest BCUT2D eigenvalue weighted by atomic mass is 10.2. The summed E-state index contributed by atoms with van der Waals surface area (Å²) in [5.74, 6) is 0. The van der Waals surface area contributed by atoms with Crippen molar-refractivity contribution in [1.29, 1.82) is 0 Å². The number of fused-ring (bicyclic) bond motifs is 1. The molecule has 1 N–H and O–H groups in total. The molecule has 0 bridgehead atoms. The van der Waals surface area contributed by atoms with Crippen LogP contribution in [0.5, 0.6) is 0 Å². The Morgan fingerprint density at radius 2 is 2.32 bits per heavy atom. The Kier molecular flexibility index (Phi) is 3.63. The van der Waals surface area contributed by atoms with E-state index in [1.54, 1.807) is 17.5 Å². The predicted octanol–water partition coefficient (Wildman–Crippen LogP) is 3.40. The van der Waals surface area contributed by atoms with E-state index in [4.69, 9.17) is 0 Å². The highest BCUT2D eigenvalue weighted by Gasteiger charge is 2.08. The number of hydrogen-bond acceptors (Lipinski definition) is 4. The van der Waals surface area contributed by atoms with Crippen molar-refractivity contribution in [1.82, 2.24) is 19.7 Å². The van der Waals surface area contributed by atoms with Crippen molar-refractivity contribution in [2.45, 2.75) is 19.5 Å². The zero-order valence-electron chi connectivity index (χ0n) is 10.4. The number of halogens is 1. The first kappa shape index (κ1) is 12.8. The van der Waals surface area contributed by atoms with Gasteiger partial charge in [0.15, 0.2) is 5.65 Å². The molecule has 0 amide bonds. The van der Waals surface area contributed by atoms with Crippen molar-refractivity contribution in [3.63, 3.8) is 0 Å². The van der Waals surface area contributed by atoms with Crippen LogP contribution in [0, 0.1) is 0 Å². The van der Waals surface area contributed by atoms with E-state index >= 15 is 0 Å². The monoisotopic (exact) mass is 336 g/mol. The minimum atomic E-state index is 0.343. The second-order valence-corrected chi connectivity index (χ2v) is 6.10. The summed E-state index contributed by atoms with van der Waals surface area (Å²) in [6, 6.07) is 4.57. The number of nitrogens with zero attached hydrogens (tertiary/aromatic N) is 3. The van der Waals surface area contributed by atoms with Gasteiger partial charge in [-0.1, -0.05) is 6.07 Å². The Morgan fingerprint density at radius 3 is 3.11 bits per heavy atom. The average molecular weight is 337 g/mol. The van der Waals surface area contributed by atoms with E-state index < -0.39 is 0 Å². The third-order valence-electron chi connectivity index (χ3n) is 3.00. The lowest BCUT2D eigenvalue weighted by molar-refractivity contribution is 0.573. The van der Waals surface area contributed by atoms with Crippen LogP contribution in [0.3, 0.4) is 0 Å². The minimum Gasteiger partial charge on any atom is -0.304 e. The first-order valence-corrected chi connectivity index (χ1v) is 7.65. The Labute approximate surface area is 123 Å². The molecule has 0 aromatic carbocycles. The molecule has 1 atom stereocenters. The summed E-state index contributed by atoms with van der Waals surface area (Å²) in [7, 11) is 0. The number of aromatic nitrogens is 3. The summed E-state index contributed by atoms with van der Waals surface area (Å²) in [5, 5.41) is 5.61. The molecule has 4 nitrogen and oxygen atoms in total. The van der Waals surface area contributed by atoms with Crippen LogP contribution >= 0.6 is 27.3 Å². The van der Waals surface area contributed by atoms with Gasteiger partial charge in [0, 0.05) is 23.7 Å². The first-order chi connectivity index (χ1) is 9.24. The molecular formula is C13H13BrN4S. The fraction of sp³-hybridized carbons (Fsp3) is 0.231. The van der Waals surface area contributed by atoms with Gasteiger partial charge in [-0.25, -0.2) is 9.97 Å². The molecule has 3 heterocycles. The van der Waals surface area contributed by atoms with Crippen molar-refractivity contribution in [3.8, 4) is 0 Å². The molecular weight excluding hydrogens is 324 g/mol. The summed E-state index contributed by atoms with van der Waals surface area (Å²) >= 11 is 5.16. The topological polar surface area (TPSA) is 42.2 Å². The molecule has 3 rings (SSSR count). The molecule has 0 aliphatic carbocycles. The van der Waals surface area contributed by atoms with Crippen LogP contribution in [-0.4, -0.2) is 14.4 Å². The summed E-state index contributed by atoms with van der Waals surface area (Å²) in [5.41, 5.74) is 1.99. The minimum absolute atomic E-state index is 0.343. The SMILES string of the molecule is C[C@@H](NCc1cnc2cnc(Br)cn12)c1cccs1. The van der Waals surface area contributed by atoms with Gasteiger partial charge < -0.3 is 5.32 Å². The molecule has 0 saturated heterocycles. The zero-order chi connectivity index (χ0) is 13.2. The van der Waals surface area contributed by atoms with E-state index in [1.165, 1.54) is 4.88 Å². The van der Waals surface area contributed by atoms with Gasteiger partial charge in [-0.3, -0.25) is 4.40 Å². The summed E-state index contributed by atoms with van der Waals surface area (Å²) < 4.78 is 2.86. The first-order valence-electron chi connectivity index (χ1n) is 5.98. The highest BCUT2D eigenvalue weighted by Crippen LogP contribution is 2.19. The van der Waals surface area contributed by atoms with Crippen molar-refractivity contribution in [2.24, 2.45) is 0 Å². The molecule has 19 heavy (non-hydrogen) atoms. The average Bonchev–Trinajstić information content (AvgIpc) is 3.05. The van der Waals surface area contributed by atoms with E-state index in [-0.39, 0.29) is 0 Å². The van der Waals surface area contributed by atoms with Gasteiger partial charge in [-0.2, -0.15) is 0 Å². The Balaban J connectivity index is 1.77. The van der Waals surface area contributed by atoms with Crippen LogP contribution in [0.25, 0.3) is 5.65 Å². The van der Waals surface area contributed by atoms with E-state index in [0.717, 1.165) is 22.5 Å². The van der Waals surface area contributed by atoms with E-state index in [1.807, 2.05) is 16.8 Å². The molecule has 0 aliphatic heterocycles. The van der Waals surface area contributed by atoms with Gasteiger partial charge in [0.05, 0.1) is 18.1 Å². The standard InChI is InChI=1S/C13H13BrN4S/c1-9(11-3-2-4-19-11)15-5-10-6-17-13-7-16-12(14)8-18(10)13/h2-4,6-9,15H,5H2,1H3/t9-/m1/s1. The molecule has 3 aromatic heterocycles. The molecule has 0 aliphatic rings. The van der Waals surface area contributed by atoms with Gasteiger partial charge in [-0.15, -0.1) is 11.3 Å². The maximum absolute atomic E-state index is 4.34. The number of nitrogens with one attached hydrogen (secondary N) is 1. The summed E-state index contributed by atoms with van der Waals surface area (Å²) in [6.45, 7) is 2.95. The maximum atomic E-state index is 4.34. The normalized spacial score (nSPS) is 12.9. The van der Waals surface area contributed by atoms with Crippen LogP contribution in [-0.2, 0) is 6.54 Å². The maximum Gasteiger partial charge on any atom is 0.155 e. The third-order valence-corrected chi connectivity index (χ3v) is 4.46. The molecule has 6 heteroatoms. The second kappa shape index (κ2) is 5.40. The van der Waals surface area contributed by atoms with Crippen molar-refractivity contribution >= 4 is 32.9 Å². The quantitative estimate of drug-likeness (QED) is 0.793. The van der Waals surface area contributed by atoms with Crippen LogP contribution < -0.4 is 5.32 Å². The Bertz CT molecular complexity index is 677. The molecule has 0 unspecified atom stereocenters. The highest BCUT2D eigenvalue weighted by molar-refractivity contribution is 9.10. The smallest absolute Gasteiger partial charge is 0.155 e. The summed E-state index contributed by atoms with van der Waals surface area (Å²) in [6.07, 6.45) is 5.59. The van der Waals surface area contributed by atoms with Crippen LogP contribution in [0.15, 0.2) is 40.7 Å². The number of hydrogen-bond donors (Lipinski definition) is 1. The van der Waals surface area contributed by atoms with Crippen LogP contribution in [0.4, 0.5) is 0 Å². The highest BCUT2D eigenvalue weighted by atomic mass is 79.9. The number of rotatable bonds is 4. The lowest BCUT2D eigenvalue weighted by Gasteiger charge is -2.11. The van der Waals surface area contributed by atoms with E-state index in [9.17, 15) is 0 Å². The van der Waals surface area contributed by atoms with Crippen molar-refractivity contribution < 1.29 is 0 Å². The molecule has 3 aromatic rings. The Morgan fingerprint density at radius 1 is 1.42 bits per heavy atom. The molecule has 0 fully saturated rings. The number of thiophene rings is 1. The van der Waals surface area contributed by atoms with Crippen molar-refractivity contribution in [3.05, 3.63) is 51.3 Å². The molecule has 0 radical (unpaired) electrons. The molecule has 98 valence electrons. The Hall–Kier alpha value is -1.24. The largest absolute Gasteiger partial charge is 0.304 e. The van der Waals surface area contributed by atoms with Crippen LogP contribution in [0.2, 0.25) is 0 Å². The fourth-order valence-electron chi connectivity index (χ4n) is 1.94. The third kappa shape index (κ3) is 2.70. The zero-order valence-corrected chi connectivity index (χ0v) is 12.8. The van der Waals surface area contributed by atoms with Gasteiger partial charge in [0.1, 0.15) is 4.60 Å². The van der Waals surface area contributed by atoms with Crippen LogP contribution in [0.1, 0.15) is 23.5 Å². The van der Waals surface area contributed by atoms with Gasteiger partial charge >= 0.3 is 0 Å². The second-order valence-electron chi connectivity index (χ2n) is 4.31. The van der Waals surface area contributed by atoms with E-state index in [2.05, 4.69) is 55.7 Å². The van der Waals surface area contributed by atoms with Gasteiger partial charge in [-0.05, 0) is 34.3 Å². The summed E-state index contributed by atoms with van der Waals surface area (Å²) in [4.78, 5) is 9.86.